The van der Waals surface area contributed by atoms with Gasteiger partial charge in [0, 0.05) is 46.3 Å². The zero-order chi connectivity index (χ0) is 26.8. The molecule has 0 aliphatic carbocycles. The van der Waals surface area contributed by atoms with Gasteiger partial charge in [0.15, 0.2) is 0 Å². The van der Waals surface area contributed by atoms with E-state index in [0.717, 1.165) is 22.0 Å². The Hall–Kier alpha value is -3.93. The molecule has 0 spiro atoms. The summed E-state index contributed by atoms with van der Waals surface area (Å²) in [5, 5.41) is 4.08. The van der Waals surface area contributed by atoms with E-state index in [2.05, 4.69) is 36.1 Å². The number of H-pyrrole nitrogens is 1. The average Bonchev–Trinajstić information content (AvgIpc) is 3.24. The lowest BCUT2D eigenvalue weighted by atomic mass is 9.87. The number of hydrogen-bond acceptors (Lipinski definition) is 3. The predicted molar refractivity (Wildman–Crippen MR) is 150 cm³/mol. The standard InChI is InChI=1S/C31H36N4O2/c1-30(2,3)23-13-15-24(16-14-23)35(27(36)18-22-20-33-26-12-8-7-11-25(22)26)28(21-10-9-17-32-19-21)29(37)34-31(4,5)6/h7-17,19-20,28,33H,18H2,1-6H3,(H,34,37). The summed E-state index contributed by atoms with van der Waals surface area (Å²) in [5.74, 6) is -0.432. The minimum Gasteiger partial charge on any atom is -0.361 e. The first-order valence-electron chi connectivity index (χ1n) is 12.6. The number of aromatic amines is 1. The summed E-state index contributed by atoms with van der Waals surface area (Å²) in [6.45, 7) is 12.2. The van der Waals surface area contributed by atoms with E-state index in [1.165, 1.54) is 0 Å². The molecular weight excluding hydrogens is 460 g/mol. The van der Waals surface area contributed by atoms with Crippen molar-refractivity contribution in [3.63, 3.8) is 0 Å². The van der Waals surface area contributed by atoms with Crippen molar-refractivity contribution in [1.29, 1.82) is 0 Å². The first-order chi connectivity index (χ1) is 17.4. The van der Waals surface area contributed by atoms with Crippen molar-refractivity contribution >= 4 is 28.4 Å². The van der Waals surface area contributed by atoms with Gasteiger partial charge in [-0.05, 0) is 61.6 Å². The van der Waals surface area contributed by atoms with Crippen molar-refractivity contribution in [2.24, 2.45) is 0 Å². The molecule has 2 aromatic carbocycles. The van der Waals surface area contributed by atoms with Gasteiger partial charge < -0.3 is 10.3 Å². The summed E-state index contributed by atoms with van der Waals surface area (Å²) in [6, 6.07) is 18.6. The van der Waals surface area contributed by atoms with Gasteiger partial charge >= 0.3 is 0 Å². The van der Waals surface area contributed by atoms with E-state index < -0.39 is 11.6 Å². The van der Waals surface area contributed by atoms with Crippen LogP contribution in [-0.4, -0.2) is 27.3 Å². The number of para-hydroxylation sites is 1. The average molecular weight is 497 g/mol. The predicted octanol–water partition coefficient (Wildman–Crippen LogP) is 6.09. The fourth-order valence-corrected chi connectivity index (χ4v) is 4.48. The van der Waals surface area contributed by atoms with Gasteiger partial charge in [0.25, 0.3) is 0 Å². The van der Waals surface area contributed by atoms with Gasteiger partial charge in [-0.2, -0.15) is 0 Å². The number of carbonyl (C=O) groups excluding carboxylic acids is 2. The fourth-order valence-electron chi connectivity index (χ4n) is 4.48. The molecule has 0 radical (unpaired) electrons. The molecule has 0 saturated heterocycles. The van der Waals surface area contributed by atoms with Crippen LogP contribution in [0, 0.1) is 0 Å². The maximum atomic E-state index is 14.1. The molecule has 6 heteroatoms. The number of pyridine rings is 1. The Morgan fingerprint density at radius 1 is 0.946 bits per heavy atom. The van der Waals surface area contributed by atoms with Gasteiger partial charge in [-0.15, -0.1) is 0 Å². The highest BCUT2D eigenvalue weighted by molar-refractivity contribution is 6.03. The summed E-state index contributed by atoms with van der Waals surface area (Å²) in [7, 11) is 0. The van der Waals surface area contributed by atoms with Crippen molar-refractivity contribution < 1.29 is 9.59 Å². The zero-order valence-electron chi connectivity index (χ0n) is 22.5. The van der Waals surface area contributed by atoms with Crippen molar-refractivity contribution in [2.75, 3.05) is 4.90 Å². The Kier molecular flexibility index (Phi) is 7.21. The SMILES string of the molecule is CC(C)(C)NC(=O)C(c1cccnc1)N(C(=O)Cc1c[nH]c2ccccc12)c1ccc(C(C)(C)C)cc1. The summed E-state index contributed by atoms with van der Waals surface area (Å²) in [6.07, 6.45) is 5.34. The minimum atomic E-state index is -0.883. The van der Waals surface area contributed by atoms with Crippen molar-refractivity contribution in [2.45, 2.75) is 65.0 Å². The first-order valence-corrected chi connectivity index (χ1v) is 12.6. The van der Waals surface area contributed by atoms with E-state index in [-0.39, 0.29) is 23.7 Å². The molecule has 1 atom stereocenters. The molecule has 4 aromatic rings. The molecule has 2 aromatic heterocycles. The molecule has 2 heterocycles. The van der Waals surface area contributed by atoms with E-state index in [1.807, 2.05) is 81.6 Å². The van der Waals surface area contributed by atoms with Crippen LogP contribution in [-0.2, 0) is 21.4 Å². The molecule has 0 fully saturated rings. The topological polar surface area (TPSA) is 78.1 Å². The molecular formula is C31H36N4O2. The molecule has 0 bridgehead atoms. The van der Waals surface area contributed by atoms with E-state index in [9.17, 15) is 9.59 Å². The van der Waals surface area contributed by atoms with Gasteiger partial charge in [-0.25, -0.2) is 0 Å². The Bertz CT molecular complexity index is 1380. The molecule has 0 aliphatic heterocycles. The number of aromatic nitrogens is 2. The number of nitrogens with one attached hydrogen (secondary N) is 2. The van der Waals surface area contributed by atoms with Crippen LogP contribution in [0.15, 0.2) is 79.3 Å². The third-order valence-electron chi connectivity index (χ3n) is 6.30. The van der Waals surface area contributed by atoms with Gasteiger partial charge in [-0.3, -0.25) is 19.5 Å². The molecule has 192 valence electrons. The number of fused-ring (bicyclic) bond motifs is 1. The lowest BCUT2D eigenvalue weighted by Crippen LogP contribution is -2.49. The number of benzene rings is 2. The van der Waals surface area contributed by atoms with E-state index in [0.29, 0.717) is 11.3 Å². The number of carbonyl (C=O) groups is 2. The van der Waals surface area contributed by atoms with Crippen LogP contribution in [0.2, 0.25) is 0 Å². The third-order valence-corrected chi connectivity index (χ3v) is 6.30. The number of amides is 2. The lowest BCUT2D eigenvalue weighted by molar-refractivity contribution is -0.127. The third kappa shape index (κ3) is 6.08. The molecule has 6 nitrogen and oxygen atoms in total. The highest BCUT2D eigenvalue weighted by atomic mass is 16.2. The van der Waals surface area contributed by atoms with Gasteiger partial charge in [0.2, 0.25) is 11.8 Å². The number of rotatable bonds is 6. The second-order valence-corrected chi connectivity index (χ2v) is 11.5. The van der Waals surface area contributed by atoms with E-state index in [4.69, 9.17) is 0 Å². The Labute approximate surface area is 219 Å². The van der Waals surface area contributed by atoms with Crippen molar-refractivity contribution in [1.82, 2.24) is 15.3 Å². The molecule has 4 rings (SSSR count). The smallest absolute Gasteiger partial charge is 0.248 e. The quantitative estimate of drug-likeness (QED) is 0.339. The Balaban J connectivity index is 1.82. The van der Waals surface area contributed by atoms with Gasteiger partial charge in [0.1, 0.15) is 6.04 Å². The minimum absolute atomic E-state index is 0.0379. The molecule has 0 aliphatic rings. The van der Waals surface area contributed by atoms with Crippen molar-refractivity contribution in [3.05, 3.63) is 95.9 Å². The Morgan fingerprint density at radius 3 is 2.27 bits per heavy atom. The van der Waals surface area contributed by atoms with Crippen molar-refractivity contribution in [3.8, 4) is 0 Å². The van der Waals surface area contributed by atoms with Crippen LogP contribution in [0.4, 0.5) is 5.69 Å². The van der Waals surface area contributed by atoms with Crippen LogP contribution < -0.4 is 10.2 Å². The van der Waals surface area contributed by atoms with Gasteiger partial charge in [0.05, 0.1) is 6.42 Å². The maximum Gasteiger partial charge on any atom is 0.248 e. The highest BCUT2D eigenvalue weighted by Gasteiger charge is 2.35. The number of hydrogen-bond donors (Lipinski definition) is 2. The molecule has 0 saturated carbocycles. The molecule has 2 N–H and O–H groups in total. The lowest BCUT2D eigenvalue weighted by Gasteiger charge is -2.34. The van der Waals surface area contributed by atoms with E-state index >= 15 is 0 Å². The number of nitrogens with zero attached hydrogens (tertiary/aromatic N) is 2. The first kappa shape index (κ1) is 26.1. The zero-order valence-corrected chi connectivity index (χ0v) is 22.5. The largest absolute Gasteiger partial charge is 0.361 e. The van der Waals surface area contributed by atoms with Gasteiger partial charge in [-0.1, -0.05) is 57.2 Å². The summed E-state index contributed by atoms with van der Waals surface area (Å²) < 4.78 is 0. The Morgan fingerprint density at radius 2 is 1.65 bits per heavy atom. The maximum absolute atomic E-state index is 14.1. The van der Waals surface area contributed by atoms with Crippen LogP contribution in [0.1, 0.15) is 64.3 Å². The van der Waals surface area contributed by atoms with Crippen LogP contribution in [0.25, 0.3) is 10.9 Å². The monoisotopic (exact) mass is 496 g/mol. The van der Waals surface area contributed by atoms with E-state index in [1.54, 1.807) is 23.4 Å². The summed E-state index contributed by atoms with van der Waals surface area (Å²) in [5.41, 5.74) is 3.81. The second-order valence-electron chi connectivity index (χ2n) is 11.5. The molecule has 37 heavy (non-hydrogen) atoms. The van der Waals surface area contributed by atoms with Crippen LogP contribution in [0.5, 0.6) is 0 Å². The molecule has 1 unspecified atom stereocenters. The summed E-state index contributed by atoms with van der Waals surface area (Å²) >= 11 is 0. The number of anilines is 1. The summed E-state index contributed by atoms with van der Waals surface area (Å²) in [4.78, 5) is 37.0. The highest BCUT2D eigenvalue weighted by Crippen LogP contribution is 2.32. The fraction of sp³-hybridized carbons (Fsp3) is 0.323. The van der Waals surface area contributed by atoms with Crippen LogP contribution in [0.3, 0.4) is 0 Å². The normalized spacial score (nSPS) is 12.8. The molecule has 2 amide bonds. The second kappa shape index (κ2) is 10.2. The van der Waals surface area contributed by atoms with Crippen LogP contribution >= 0.6 is 0 Å².